The molecule has 2 aromatic heterocycles. The number of aliphatic hydroxyl groups is 1. The molecule has 0 saturated heterocycles. The van der Waals surface area contributed by atoms with Gasteiger partial charge in [-0.1, -0.05) is 35.7 Å². The summed E-state index contributed by atoms with van der Waals surface area (Å²) in [5, 5.41) is 10.2. The van der Waals surface area contributed by atoms with Crippen LogP contribution in [-0.4, -0.2) is 28.6 Å². The first-order valence-electron chi connectivity index (χ1n) is 7.07. The van der Waals surface area contributed by atoms with Crippen molar-refractivity contribution in [3.63, 3.8) is 0 Å². The Hall–Kier alpha value is -2.33. The maximum Gasteiger partial charge on any atom is 0.270 e. The second-order valence-electron chi connectivity index (χ2n) is 5.09. The molecule has 0 aliphatic heterocycles. The van der Waals surface area contributed by atoms with Crippen molar-refractivity contribution in [2.45, 2.75) is 17.9 Å². The van der Waals surface area contributed by atoms with Gasteiger partial charge in [-0.05, 0) is 37.1 Å². The van der Waals surface area contributed by atoms with E-state index in [0.717, 1.165) is 3.97 Å². The third-order valence-corrected chi connectivity index (χ3v) is 5.35. The Kier molecular flexibility index (Phi) is 4.33. The van der Waals surface area contributed by atoms with Gasteiger partial charge in [0.1, 0.15) is 11.8 Å². The van der Waals surface area contributed by atoms with E-state index in [2.05, 4.69) is 16.8 Å². The third-order valence-electron chi connectivity index (χ3n) is 3.30. The van der Waals surface area contributed by atoms with E-state index in [-0.39, 0.29) is 16.2 Å². The molecular formula is C17H13ClN2O3S. The highest BCUT2D eigenvalue weighted by atomic mass is 35.5. The van der Waals surface area contributed by atoms with E-state index in [1.165, 1.54) is 25.3 Å². The molecule has 0 aliphatic carbocycles. The minimum Gasteiger partial charge on any atom is -0.381 e. The summed E-state index contributed by atoms with van der Waals surface area (Å²) in [7, 11) is -3.91. The van der Waals surface area contributed by atoms with Crippen molar-refractivity contribution in [3.05, 3.63) is 59.4 Å². The van der Waals surface area contributed by atoms with Crippen LogP contribution in [0.1, 0.15) is 12.6 Å². The maximum atomic E-state index is 13.0. The van der Waals surface area contributed by atoms with Crippen molar-refractivity contribution in [2.24, 2.45) is 0 Å². The Morgan fingerprint density at radius 3 is 2.62 bits per heavy atom. The minimum absolute atomic E-state index is 0.115. The summed E-state index contributed by atoms with van der Waals surface area (Å²) >= 11 is 6.16. The number of aliphatic hydroxyl groups excluding tert-OH is 1. The zero-order valence-corrected chi connectivity index (χ0v) is 14.2. The van der Waals surface area contributed by atoms with Crippen LogP contribution in [0.15, 0.2) is 53.6 Å². The number of halogens is 1. The fourth-order valence-corrected chi connectivity index (χ4v) is 3.89. The van der Waals surface area contributed by atoms with E-state index >= 15 is 0 Å². The zero-order chi connectivity index (χ0) is 17.3. The van der Waals surface area contributed by atoms with Gasteiger partial charge in [-0.3, -0.25) is 0 Å². The van der Waals surface area contributed by atoms with Crippen molar-refractivity contribution in [1.29, 1.82) is 0 Å². The van der Waals surface area contributed by atoms with Gasteiger partial charge in [-0.25, -0.2) is 17.4 Å². The zero-order valence-electron chi connectivity index (χ0n) is 12.6. The molecule has 0 radical (unpaired) electrons. The summed E-state index contributed by atoms with van der Waals surface area (Å²) in [5.41, 5.74) is 0.386. The quantitative estimate of drug-likeness (QED) is 0.713. The molecule has 2 heterocycles. The molecule has 122 valence electrons. The number of rotatable bonds is 2. The summed E-state index contributed by atoms with van der Waals surface area (Å²) in [6.07, 6.45) is 0.549. The van der Waals surface area contributed by atoms with Gasteiger partial charge < -0.3 is 5.11 Å². The van der Waals surface area contributed by atoms with Crippen LogP contribution in [0.25, 0.3) is 11.0 Å². The highest BCUT2D eigenvalue weighted by Crippen LogP contribution is 2.28. The van der Waals surface area contributed by atoms with Crippen LogP contribution in [0, 0.1) is 11.8 Å². The standard InChI is InChI=1S/C17H13ClN2O3S/c1-12(21)7-8-13-11-15-16(18)9-10-19-17(15)20(13)24(22,23)14-5-3-2-4-6-14/h2-6,9-12,21H,1H3/t12-/m1/s1. The lowest BCUT2D eigenvalue weighted by molar-refractivity contribution is 0.253. The molecule has 0 bridgehead atoms. The number of hydrogen-bond donors (Lipinski definition) is 1. The molecule has 0 aliphatic rings. The Balaban J connectivity index is 2.36. The molecular weight excluding hydrogens is 348 g/mol. The lowest BCUT2D eigenvalue weighted by Crippen LogP contribution is -2.15. The highest BCUT2D eigenvalue weighted by molar-refractivity contribution is 7.90. The van der Waals surface area contributed by atoms with Crippen molar-refractivity contribution in [3.8, 4) is 11.8 Å². The van der Waals surface area contributed by atoms with Gasteiger partial charge >= 0.3 is 0 Å². The monoisotopic (exact) mass is 360 g/mol. The minimum atomic E-state index is -3.91. The second-order valence-corrected chi connectivity index (χ2v) is 7.28. The predicted molar refractivity (Wildman–Crippen MR) is 92.3 cm³/mol. The van der Waals surface area contributed by atoms with E-state index < -0.39 is 16.1 Å². The van der Waals surface area contributed by atoms with Crippen molar-refractivity contribution < 1.29 is 13.5 Å². The average Bonchev–Trinajstić information content (AvgIpc) is 2.94. The van der Waals surface area contributed by atoms with Crippen molar-refractivity contribution >= 4 is 32.7 Å². The van der Waals surface area contributed by atoms with Crippen LogP contribution in [0.3, 0.4) is 0 Å². The number of fused-ring (bicyclic) bond motifs is 1. The number of pyridine rings is 1. The first-order valence-corrected chi connectivity index (χ1v) is 8.89. The van der Waals surface area contributed by atoms with E-state index in [1.54, 1.807) is 30.3 Å². The number of hydrogen-bond acceptors (Lipinski definition) is 4. The number of nitrogens with zero attached hydrogens (tertiary/aromatic N) is 2. The Morgan fingerprint density at radius 1 is 1.25 bits per heavy atom. The maximum absolute atomic E-state index is 13.0. The first-order chi connectivity index (χ1) is 11.4. The molecule has 0 saturated carbocycles. The summed E-state index contributed by atoms with van der Waals surface area (Å²) in [6.45, 7) is 1.50. The summed E-state index contributed by atoms with van der Waals surface area (Å²) in [4.78, 5) is 4.27. The molecule has 24 heavy (non-hydrogen) atoms. The Morgan fingerprint density at radius 2 is 1.96 bits per heavy atom. The van der Waals surface area contributed by atoms with Crippen molar-refractivity contribution in [1.82, 2.24) is 8.96 Å². The molecule has 0 unspecified atom stereocenters. The molecule has 1 atom stereocenters. The Bertz CT molecular complexity index is 1060. The topological polar surface area (TPSA) is 72.2 Å². The van der Waals surface area contributed by atoms with Gasteiger partial charge in [0.05, 0.1) is 9.92 Å². The largest absolute Gasteiger partial charge is 0.381 e. The van der Waals surface area contributed by atoms with E-state index in [0.29, 0.717) is 10.4 Å². The average molecular weight is 361 g/mol. The fourth-order valence-electron chi connectivity index (χ4n) is 2.25. The van der Waals surface area contributed by atoms with Crippen LogP contribution in [0.5, 0.6) is 0 Å². The van der Waals surface area contributed by atoms with Gasteiger partial charge in [-0.15, -0.1) is 0 Å². The molecule has 7 heteroatoms. The van der Waals surface area contributed by atoms with Crippen LogP contribution in [0.2, 0.25) is 5.02 Å². The summed E-state index contributed by atoms with van der Waals surface area (Å²) < 4.78 is 27.1. The Labute approximate surface area is 144 Å². The summed E-state index contributed by atoms with van der Waals surface area (Å²) in [6, 6.07) is 11.1. The van der Waals surface area contributed by atoms with E-state index in [1.807, 2.05) is 0 Å². The molecule has 0 amide bonds. The molecule has 3 rings (SSSR count). The van der Waals surface area contributed by atoms with Gasteiger partial charge in [0.15, 0.2) is 5.65 Å². The van der Waals surface area contributed by atoms with Crippen LogP contribution in [0.4, 0.5) is 0 Å². The number of aromatic nitrogens is 2. The van der Waals surface area contributed by atoms with Crippen LogP contribution >= 0.6 is 11.6 Å². The van der Waals surface area contributed by atoms with Crippen LogP contribution < -0.4 is 0 Å². The first kappa shape index (κ1) is 16.5. The predicted octanol–water partition coefficient (Wildman–Crippen LogP) is 2.66. The van der Waals surface area contributed by atoms with Gasteiger partial charge in [0.25, 0.3) is 10.0 Å². The molecule has 1 N–H and O–H groups in total. The third kappa shape index (κ3) is 2.89. The lowest BCUT2D eigenvalue weighted by Gasteiger charge is -2.08. The lowest BCUT2D eigenvalue weighted by atomic mass is 10.3. The molecule has 3 aromatic rings. The normalized spacial score (nSPS) is 12.6. The van der Waals surface area contributed by atoms with Crippen LogP contribution in [-0.2, 0) is 10.0 Å². The highest BCUT2D eigenvalue weighted by Gasteiger charge is 2.24. The second kappa shape index (κ2) is 6.29. The van der Waals surface area contributed by atoms with E-state index in [4.69, 9.17) is 11.6 Å². The molecule has 5 nitrogen and oxygen atoms in total. The summed E-state index contributed by atoms with van der Waals surface area (Å²) in [5.74, 6) is 5.25. The van der Waals surface area contributed by atoms with E-state index in [9.17, 15) is 13.5 Å². The molecule has 0 fully saturated rings. The molecule has 0 spiro atoms. The number of benzene rings is 1. The van der Waals surface area contributed by atoms with Gasteiger partial charge in [0.2, 0.25) is 0 Å². The van der Waals surface area contributed by atoms with Gasteiger partial charge in [0, 0.05) is 11.6 Å². The fraction of sp³-hybridized carbons (Fsp3) is 0.118. The van der Waals surface area contributed by atoms with Gasteiger partial charge in [-0.2, -0.15) is 0 Å². The SMILES string of the molecule is C[C@@H](O)C#Cc1cc2c(Cl)ccnc2n1S(=O)(=O)c1ccccc1. The van der Waals surface area contributed by atoms with Crippen molar-refractivity contribution in [2.75, 3.05) is 0 Å². The smallest absolute Gasteiger partial charge is 0.270 e. The molecule has 1 aromatic carbocycles.